The number of hydrogen-bond acceptors (Lipinski definition) is 4. The minimum Gasteiger partial charge on any atom is -0.480 e. The highest BCUT2D eigenvalue weighted by Crippen LogP contribution is 2.19. The van der Waals surface area contributed by atoms with E-state index in [0.29, 0.717) is 5.16 Å². The molecule has 0 radical (unpaired) electrons. The van der Waals surface area contributed by atoms with Gasteiger partial charge in [-0.05, 0) is 6.92 Å². The number of thioether (sulfide) groups is 1. The van der Waals surface area contributed by atoms with Crippen LogP contribution < -0.4 is 0 Å². The molecule has 0 aliphatic carbocycles. The summed E-state index contributed by atoms with van der Waals surface area (Å²) in [7, 11) is 1.77. The van der Waals surface area contributed by atoms with Gasteiger partial charge < -0.3 is 9.67 Å². The summed E-state index contributed by atoms with van der Waals surface area (Å²) in [5.74, 6) is -0.844. The summed E-state index contributed by atoms with van der Waals surface area (Å²) in [6.07, 6.45) is 1.54. The largest absolute Gasteiger partial charge is 0.480 e. The standard InChI is InChI=1S/C6H9N3O2S/c1-4(5(10)11)12-6-8-7-3-9(6)2/h3-4H,1-2H3,(H,10,11)/t4-/m0/s1. The third kappa shape index (κ3) is 1.97. The van der Waals surface area contributed by atoms with E-state index in [4.69, 9.17) is 5.11 Å². The fourth-order valence-corrected chi connectivity index (χ4v) is 1.31. The van der Waals surface area contributed by atoms with Crippen LogP contribution >= 0.6 is 11.8 Å². The molecule has 0 fully saturated rings. The predicted octanol–water partition coefficient (Wildman–Crippen LogP) is 0.380. The maximum Gasteiger partial charge on any atom is 0.316 e. The molecule has 0 aliphatic rings. The molecule has 0 aliphatic heterocycles. The fraction of sp³-hybridized carbons (Fsp3) is 0.500. The Hall–Kier alpha value is -1.04. The highest BCUT2D eigenvalue weighted by atomic mass is 32.2. The molecule has 0 amide bonds. The topological polar surface area (TPSA) is 68.0 Å². The molecular formula is C6H9N3O2S. The van der Waals surface area contributed by atoms with Crippen molar-refractivity contribution in [2.75, 3.05) is 0 Å². The van der Waals surface area contributed by atoms with Crippen LogP contribution in [0.15, 0.2) is 11.5 Å². The van der Waals surface area contributed by atoms with Crippen LogP contribution in [0.1, 0.15) is 6.92 Å². The molecule has 1 aromatic rings. The van der Waals surface area contributed by atoms with Crippen LogP contribution in [0.5, 0.6) is 0 Å². The van der Waals surface area contributed by atoms with Gasteiger partial charge >= 0.3 is 5.97 Å². The smallest absolute Gasteiger partial charge is 0.316 e. The summed E-state index contributed by atoms with van der Waals surface area (Å²) >= 11 is 1.17. The molecule has 0 aromatic carbocycles. The zero-order valence-corrected chi connectivity index (χ0v) is 7.58. The van der Waals surface area contributed by atoms with E-state index in [1.807, 2.05) is 0 Å². The zero-order valence-electron chi connectivity index (χ0n) is 6.76. The SMILES string of the molecule is C[C@H](Sc1nncn1C)C(=O)O. The lowest BCUT2D eigenvalue weighted by Gasteiger charge is -2.03. The second-order valence-electron chi connectivity index (χ2n) is 2.32. The molecule has 5 nitrogen and oxygen atoms in total. The average Bonchev–Trinajstić information content (AvgIpc) is 2.36. The molecule has 1 heterocycles. The van der Waals surface area contributed by atoms with Gasteiger partial charge in [0.05, 0.1) is 0 Å². The first kappa shape index (κ1) is 9.05. The molecule has 1 N–H and O–H groups in total. The van der Waals surface area contributed by atoms with Crippen molar-refractivity contribution in [1.82, 2.24) is 14.8 Å². The van der Waals surface area contributed by atoms with Crippen molar-refractivity contribution in [1.29, 1.82) is 0 Å². The van der Waals surface area contributed by atoms with Gasteiger partial charge in [0.15, 0.2) is 5.16 Å². The van der Waals surface area contributed by atoms with Gasteiger partial charge in [0.1, 0.15) is 11.6 Å². The van der Waals surface area contributed by atoms with E-state index in [1.165, 1.54) is 18.1 Å². The molecule has 6 heteroatoms. The van der Waals surface area contributed by atoms with Gasteiger partial charge in [0, 0.05) is 7.05 Å². The van der Waals surface area contributed by atoms with E-state index in [9.17, 15) is 4.79 Å². The Balaban J connectivity index is 2.64. The third-order valence-electron chi connectivity index (χ3n) is 1.30. The number of carboxylic acids is 1. The van der Waals surface area contributed by atoms with Crippen molar-refractivity contribution < 1.29 is 9.90 Å². The van der Waals surface area contributed by atoms with Crippen molar-refractivity contribution in [3.8, 4) is 0 Å². The number of hydrogen-bond donors (Lipinski definition) is 1. The number of aliphatic carboxylic acids is 1. The van der Waals surface area contributed by atoms with Gasteiger partial charge in [-0.1, -0.05) is 11.8 Å². The normalized spacial score (nSPS) is 12.8. The number of carboxylic acid groups (broad SMARTS) is 1. The van der Waals surface area contributed by atoms with Gasteiger partial charge in [0.2, 0.25) is 0 Å². The van der Waals surface area contributed by atoms with E-state index in [0.717, 1.165) is 0 Å². The van der Waals surface area contributed by atoms with Crippen LogP contribution in [0.4, 0.5) is 0 Å². The molecule has 1 atom stereocenters. The fourth-order valence-electron chi connectivity index (χ4n) is 0.588. The lowest BCUT2D eigenvalue weighted by atomic mass is 10.5. The van der Waals surface area contributed by atoms with E-state index in [1.54, 1.807) is 18.5 Å². The van der Waals surface area contributed by atoms with Gasteiger partial charge in [-0.2, -0.15) is 0 Å². The Morgan fingerprint density at radius 3 is 2.92 bits per heavy atom. The summed E-state index contributed by atoms with van der Waals surface area (Å²) in [5.41, 5.74) is 0. The number of nitrogens with zero attached hydrogens (tertiary/aromatic N) is 3. The van der Waals surface area contributed by atoms with Crippen LogP contribution in [-0.4, -0.2) is 31.1 Å². The molecule has 0 unspecified atom stereocenters. The van der Waals surface area contributed by atoms with Gasteiger partial charge in [-0.25, -0.2) is 0 Å². The van der Waals surface area contributed by atoms with E-state index in [2.05, 4.69) is 10.2 Å². The lowest BCUT2D eigenvalue weighted by Crippen LogP contribution is -2.12. The molecule has 0 spiro atoms. The second kappa shape index (κ2) is 3.57. The number of aromatic nitrogens is 3. The Morgan fingerprint density at radius 2 is 2.50 bits per heavy atom. The first-order valence-electron chi connectivity index (χ1n) is 3.34. The first-order chi connectivity index (χ1) is 5.61. The van der Waals surface area contributed by atoms with Gasteiger partial charge in [-0.15, -0.1) is 10.2 Å². The van der Waals surface area contributed by atoms with Crippen molar-refractivity contribution in [3.63, 3.8) is 0 Å². The average molecular weight is 187 g/mol. The van der Waals surface area contributed by atoms with E-state index >= 15 is 0 Å². The monoisotopic (exact) mass is 187 g/mol. The zero-order chi connectivity index (χ0) is 9.14. The highest BCUT2D eigenvalue weighted by Gasteiger charge is 2.14. The highest BCUT2D eigenvalue weighted by molar-refractivity contribution is 8.00. The van der Waals surface area contributed by atoms with Crippen molar-refractivity contribution >= 4 is 17.7 Å². The number of aryl methyl sites for hydroxylation is 1. The maximum atomic E-state index is 10.5. The van der Waals surface area contributed by atoms with Crippen LogP contribution in [0.25, 0.3) is 0 Å². The van der Waals surface area contributed by atoms with E-state index in [-0.39, 0.29) is 0 Å². The number of rotatable bonds is 3. The van der Waals surface area contributed by atoms with Crippen LogP contribution in [0.3, 0.4) is 0 Å². The summed E-state index contributed by atoms with van der Waals surface area (Å²) in [6, 6.07) is 0. The Bertz CT molecular complexity index is 286. The van der Waals surface area contributed by atoms with Gasteiger partial charge in [0.25, 0.3) is 0 Å². The molecule has 1 aromatic heterocycles. The lowest BCUT2D eigenvalue weighted by molar-refractivity contribution is -0.136. The molecule has 12 heavy (non-hydrogen) atoms. The van der Waals surface area contributed by atoms with Crippen LogP contribution in [0.2, 0.25) is 0 Å². The van der Waals surface area contributed by atoms with Crippen molar-refractivity contribution in [2.24, 2.45) is 7.05 Å². The molecule has 66 valence electrons. The Labute approximate surface area is 73.8 Å². The molecule has 0 saturated heterocycles. The summed E-state index contributed by atoms with van der Waals surface area (Å²) in [6.45, 7) is 1.61. The van der Waals surface area contributed by atoms with Crippen LogP contribution in [0, 0.1) is 0 Å². The van der Waals surface area contributed by atoms with E-state index < -0.39 is 11.2 Å². The third-order valence-corrected chi connectivity index (χ3v) is 2.44. The minimum absolute atomic E-state index is 0.493. The maximum absolute atomic E-state index is 10.5. The summed E-state index contributed by atoms with van der Waals surface area (Å²) in [4.78, 5) is 10.5. The quantitative estimate of drug-likeness (QED) is 0.693. The summed E-state index contributed by atoms with van der Waals surface area (Å²) < 4.78 is 1.68. The minimum atomic E-state index is -0.844. The second-order valence-corrected chi connectivity index (χ2v) is 3.63. The first-order valence-corrected chi connectivity index (χ1v) is 4.22. The Morgan fingerprint density at radius 1 is 1.83 bits per heavy atom. The van der Waals surface area contributed by atoms with Crippen molar-refractivity contribution in [2.45, 2.75) is 17.3 Å². The van der Waals surface area contributed by atoms with Crippen LogP contribution in [-0.2, 0) is 11.8 Å². The molecule has 1 rings (SSSR count). The Kier molecular flexibility index (Phi) is 2.69. The predicted molar refractivity (Wildman–Crippen MR) is 44.0 cm³/mol. The molecule has 0 saturated carbocycles. The van der Waals surface area contributed by atoms with Gasteiger partial charge in [-0.3, -0.25) is 4.79 Å². The van der Waals surface area contributed by atoms with Crippen molar-refractivity contribution in [3.05, 3.63) is 6.33 Å². The molecule has 0 bridgehead atoms. The molecular weight excluding hydrogens is 178 g/mol. The number of carbonyl (C=O) groups is 1. The summed E-state index contributed by atoms with van der Waals surface area (Å²) in [5, 5.41) is 16.1.